The monoisotopic (exact) mass is 291 g/mol. The van der Waals surface area contributed by atoms with Crippen LogP contribution in [0.5, 0.6) is 0 Å². The summed E-state index contributed by atoms with van der Waals surface area (Å²) >= 11 is 0. The third kappa shape index (κ3) is 5.86. The van der Waals surface area contributed by atoms with Gasteiger partial charge in [0.1, 0.15) is 0 Å². The number of benzene rings is 1. The van der Waals surface area contributed by atoms with Gasteiger partial charge in [-0.1, -0.05) is 44.2 Å². The summed E-state index contributed by atoms with van der Waals surface area (Å²) < 4.78 is 0. The maximum atomic E-state index is 11.9. The Balaban J connectivity index is 2.52. The summed E-state index contributed by atoms with van der Waals surface area (Å²) in [4.78, 5) is 11.9. The number of nitrogens with one attached hydrogen (secondary N) is 2. The van der Waals surface area contributed by atoms with Crippen molar-refractivity contribution in [3.05, 3.63) is 35.9 Å². The zero-order valence-corrected chi connectivity index (χ0v) is 13.8. The highest BCUT2D eigenvalue weighted by Gasteiger charge is 2.24. The van der Waals surface area contributed by atoms with E-state index in [1.54, 1.807) is 0 Å². The van der Waals surface area contributed by atoms with Crippen molar-refractivity contribution >= 4 is 5.91 Å². The third-order valence-electron chi connectivity index (χ3n) is 3.63. The fraction of sp³-hybridized carbons (Fsp3) is 0.588. The first-order chi connectivity index (χ1) is 9.73. The fourth-order valence-electron chi connectivity index (χ4n) is 2.19. The first-order valence-electron chi connectivity index (χ1n) is 7.59. The Kier molecular flexibility index (Phi) is 6.37. The molecule has 1 aromatic rings. The Bertz CT molecular complexity index is 443. The molecule has 0 fully saturated rings. The van der Waals surface area contributed by atoms with Gasteiger partial charge in [-0.05, 0) is 32.3 Å². The zero-order valence-electron chi connectivity index (χ0n) is 13.8. The lowest BCUT2D eigenvalue weighted by Gasteiger charge is -2.31. The molecule has 0 aliphatic carbocycles. The SMILES string of the molecule is CC(NC(C)(C)CNC(=O)[C@@H](N)C(C)C)c1ccccc1. The molecule has 2 atom stereocenters. The molecular weight excluding hydrogens is 262 g/mol. The van der Waals surface area contributed by atoms with Gasteiger partial charge in [-0.3, -0.25) is 4.79 Å². The number of hydrogen-bond donors (Lipinski definition) is 3. The molecule has 118 valence electrons. The van der Waals surface area contributed by atoms with Crippen molar-refractivity contribution in [3.63, 3.8) is 0 Å². The molecule has 0 spiro atoms. The number of amides is 1. The number of rotatable bonds is 7. The van der Waals surface area contributed by atoms with Gasteiger partial charge in [-0.2, -0.15) is 0 Å². The minimum atomic E-state index is -0.452. The van der Waals surface area contributed by atoms with Crippen LogP contribution >= 0.6 is 0 Å². The molecule has 0 saturated heterocycles. The highest BCUT2D eigenvalue weighted by Crippen LogP contribution is 2.15. The lowest BCUT2D eigenvalue weighted by Crippen LogP contribution is -2.53. The van der Waals surface area contributed by atoms with E-state index >= 15 is 0 Å². The summed E-state index contributed by atoms with van der Waals surface area (Å²) in [6.45, 7) is 10.7. The van der Waals surface area contributed by atoms with E-state index in [4.69, 9.17) is 5.73 Å². The van der Waals surface area contributed by atoms with E-state index in [9.17, 15) is 4.79 Å². The van der Waals surface area contributed by atoms with Crippen molar-refractivity contribution in [3.8, 4) is 0 Å². The first kappa shape index (κ1) is 17.7. The Hall–Kier alpha value is -1.39. The second-order valence-corrected chi connectivity index (χ2v) is 6.65. The smallest absolute Gasteiger partial charge is 0.237 e. The maximum absolute atomic E-state index is 11.9. The van der Waals surface area contributed by atoms with E-state index in [0.717, 1.165) is 0 Å². The van der Waals surface area contributed by atoms with Gasteiger partial charge in [0.15, 0.2) is 0 Å². The maximum Gasteiger partial charge on any atom is 0.237 e. The molecule has 0 aliphatic rings. The molecule has 0 aromatic heterocycles. The molecule has 0 bridgehead atoms. The average Bonchev–Trinajstić information content (AvgIpc) is 2.44. The quantitative estimate of drug-likeness (QED) is 0.721. The molecule has 4 heteroatoms. The predicted octanol–water partition coefficient (Wildman–Crippen LogP) is 2.22. The number of carbonyl (C=O) groups excluding carboxylic acids is 1. The van der Waals surface area contributed by atoms with Crippen molar-refractivity contribution < 1.29 is 4.79 Å². The van der Waals surface area contributed by atoms with Gasteiger partial charge < -0.3 is 16.4 Å². The topological polar surface area (TPSA) is 67.1 Å². The van der Waals surface area contributed by atoms with Crippen LogP contribution < -0.4 is 16.4 Å². The van der Waals surface area contributed by atoms with Crippen molar-refractivity contribution in [2.24, 2.45) is 11.7 Å². The van der Waals surface area contributed by atoms with Gasteiger partial charge in [-0.25, -0.2) is 0 Å². The lowest BCUT2D eigenvalue weighted by molar-refractivity contribution is -0.123. The van der Waals surface area contributed by atoms with Crippen LogP contribution in [0.2, 0.25) is 0 Å². The van der Waals surface area contributed by atoms with Crippen LogP contribution in [-0.2, 0) is 4.79 Å². The van der Waals surface area contributed by atoms with Gasteiger partial charge in [0.25, 0.3) is 0 Å². The fourth-order valence-corrected chi connectivity index (χ4v) is 2.19. The number of nitrogens with two attached hydrogens (primary N) is 1. The van der Waals surface area contributed by atoms with Crippen molar-refractivity contribution in [1.82, 2.24) is 10.6 Å². The van der Waals surface area contributed by atoms with E-state index in [0.29, 0.717) is 6.54 Å². The second kappa shape index (κ2) is 7.57. The predicted molar refractivity (Wildman–Crippen MR) is 87.9 cm³/mol. The van der Waals surface area contributed by atoms with E-state index in [1.807, 2.05) is 32.0 Å². The number of hydrogen-bond acceptors (Lipinski definition) is 3. The lowest BCUT2D eigenvalue weighted by atomic mass is 10.00. The van der Waals surface area contributed by atoms with Gasteiger partial charge in [0.05, 0.1) is 6.04 Å². The van der Waals surface area contributed by atoms with E-state index in [1.165, 1.54) is 5.56 Å². The highest BCUT2D eigenvalue weighted by molar-refractivity contribution is 5.81. The van der Waals surface area contributed by atoms with Crippen LogP contribution in [0.25, 0.3) is 0 Å². The van der Waals surface area contributed by atoms with E-state index in [2.05, 4.69) is 43.5 Å². The molecule has 1 unspecified atom stereocenters. The Morgan fingerprint density at radius 1 is 1.19 bits per heavy atom. The van der Waals surface area contributed by atoms with E-state index < -0.39 is 6.04 Å². The summed E-state index contributed by atoms with van der Waals surface area (Å²) in [5, 5.41) is 6.47. The summed E-state index contributed by atoms with van der Waals surface area (Å²) in [5.74, 6) is 0.0524. The van der Waals surface area contributed by atoms with Crippen LogP contribution in [0.3, 0.4) is 0 Å². The average molecular weight is 291 g/mol. The number of carbonyl (C=O) groups is 1. The minimum Gasteiger partial charge on any atom is -0.353 e. The Morgan fingerprint density at radius 2 is 1.76 bits per heavy atom. The third-order valence-corrected chi connectivity index (χ3v) is 3.63. The molecule has 4 nitrogen and oxygen atoms in total. The first-order valence-corrected chi connectivity index (χ1v) is 7.59. The summed E-state index contributed by atoms with van der Waals surface area (Å²) in [5.41, 5.74) is 6.87. The second-order valence-electron chi connectivity index (χ2n) is 6.65. The molecule has 0 heterocycles. The Labute approximate surface area is 128 Å². The van der Waals surface area contributed by atoms with Crippen LogP contribution in [0.4, 0.5) is 0 Å². The van der Waals surface area contributed by atoms with Crippen molar-refractivity contribution in [2.45, 2.75) is 52.2 Å². The summed E-state index contributed by atoms with van der Waals surface area (Å²) in [7, 11) is 0. The van der Waals surface area contributed by atoms with Gasteiger partial charge >= 0.3 is 0 Å². The molecule has 1 aromatic carbocycles. The van der Waals surface area contributed by atoms with Crippen LogP contribution in [0.1, 0.15) is 46.2 Å². The molecule has 1 rings (SSSR count). The van der Waals surface area contributed by atoms with Crippen LogP contribution in [0.15, 0.2) is 30.3 Å². The molecular formula is C17H29N3O. The van der Waals surface area contributed by atoms with Crippen LogP contribution in [0, 0.1) is 5.92 Å². The minimum absolute atomic E-state index is 0.0905. The molecule has 21 heavy (non-hydrogen) atoms. The van der Waals surface area contributed by atoms with Gasteiger partial charge in [0.2, 0.25) is 5.91 Å². The molecule has 0 aliphatic heterocycles. The largest absolute Gasteiger partial charge is 0.353 e. The van der Waals surface area contributed by atoms with Gasteiger partial charge in [-0.15, -0.1) is 0 Å². The molecule has 1 amide bonds. The highest BCUT2D eigenvalue weighted by atomic mass is 16.2. The van der Waals surface area contributed by atoms with Crippen molar-refractivity contribution in [1.29, 1.82) is 0 Å². The molecule has 0 radical (unpaired) electrons. The molecule has 0 saturated carbocycles. The zero-order chi connectivity index (χ0) is 16.0. The van der Waals surface area contributed by atoms with Crippen LogP contribution in [-0.4, -0.2) is 24.0 Å². The standard InChI is InChI=1S/C17H29N3O/c1-12(2)15(18)16(21)19-11-17(4,5)20-13(3)14-9-7-6-8-10-14/h6-10,12-13,15,20H,11,18H2,1-5H3,(H,19,21)/t13?,15-/m0/s1. The molecule has 4 N–H and O–H groups in total. The normalized spacial score (nSPS) is 14.8. The summed E-state index contributed by atoms with van der Waals surface area (Å²) in [6.07, 6.45) is 0. The summed E-state index contributed by atoms with van der Waals surface area (Å²) in [6, 6.07) is 10.0. The van der Waals surface area contributed by atoms with Gasteiger partial charge in [0, 0.05) is 18.1 Å². The Morgan fingerprint density at radius 3 is 2.29 bits per heavy atom. The van der Waals surface area contributed by atoms with E-state index in [-0.39, 0.29) is 23.4 Å². The van der Waals surface area contributed by atoms with Crippen molar-refractivity contribution in [2.75, 3.05) is 6.54 Å².